The monoisotopic (exact) mass is 654 g/mol. The highest BCUT2D eigenvalue weighted by molar-refractivity contribution is 7.59. The minimum atomic E-state index is -0.390. The van der Waals surface area contributed by atoms with Gasteiger partial charge >= 0.3 is 6.03 Å². The van der Waals surface area contributed by atoms with Gasteiger partial charge < -0.3 is 20.7 Å². The van der Waals surface area contributed by atoms with Crippen molar-refractivity contribution in [1.82, 2.24) is 20.6 Å². The maximum atomic E-state index is 13.5. The number of nitrogens with zero attached hydrogens (tertiary/aromatic N) is 3. The maximum Gasteiger partial charge on any atom is 0.331 e. The van der Waals surface area contributed by atoms with Gasteiger partial charge in [-0.2, -0.15) is 27.0 Å². The number of hydrogen-bond donors (Lipinski definition) is 3. The number of anilines is 3. The van der Waals surface area contributed by atoms with Crippen molar-refractivity contribution in [2.24, 2.45) is 0 Å². The van der Waals surface area contributed by atoms with Crippen LogP contribution < -0.4 is 25.6 Å². The van der Waals surface area contributed by atoms with Crippen LogP contribution in [0.4, 0.5) is 21.9 Å². The Hall–Kier alpha value is -3.81. The van der Waals surface area contributed by atoms with E-state index in [4.69, 9.17) is 4.74 Å². The van der Waals surface area contributed by atoms with Gasteiger partial charge in [0, 0.05) is 30.8 Å². The number of carbonyl (C=O) groups is 3. The Balaban J connectivity index is 0.00000176. The average Bonchev–Trinajstić information content (AvgIpc) is 3.34. The van der Waals surface area contributed by atoms with E-state index < -0.39 is 0 Å². The minimum absolute atomic E-state index is 0. The Bertz CT molecular complexity index is 1650. The van der Waals surface area contributed by atoms with E-state index >= 15 is 0 Å². The summed E-state index contributed by atoms with van der Waals surface area (Å²) in [5, 5.41) is 9.83. The van der Waals surface area contributed by atoms with Crippen molar-refractivity contribution in [3.8, 4) is 11.6 Å². The van der Waals surface area contributed by atoms with E-state index in [0.29, 0.717) is 56.6 Å². The molecule has 1 aliphatic heterocycles. The van der Waals surface area contributed by atoms with Gasteiger partial charge in [0.15, 0.2) is 0 Å². The van der Waals surface area contributed by atoms with E-state index in [1.807, 2.05) is 44.2 Å². The summed E-state index contributed by atoms with van der Waals surface area (Å²) in [6.45, 7) is 3.72. The van der Waals surface area contributed by atoms with Gasteiger partial charge in [-0.1, -0.05) is 32.5 Å². The van der Waals surface area contributed by atoms with Crippen LogP contribution >= 0.6 is 38.3 Å². The van der Waals surface area contributed by atoms with Crippen LogP contribution in [0.5, 0.6) is 11.6 Å². The SMILES string of the molecule is C.CCC(=O)N[C@H]1CCC[C@H](NC(=O)c2sc3nccc4c3c2NC(=O)N4c2cnc(Oc3ccccc3)cc2C)C1.S.S. The van der Waals surface area contributed by atoms with Crippen LogP contribution in [-0.4, -0.2) is 39.9 Å². The third-order valence-electron chi connectivity index (χ3n) is 7.41. The standard InChI is InChI=1S/C30H30N6O4S.CH4.2H2S/c1-3-23(37)33-18-8-7-9-19(15-18)34-28(38)27-26-25-21(12-13-31-29(25)41-27)36(30(39)35-26)22-16-32-24(14-17(22)2)40-20-10-5-4-6-11-20;;;/h4-6,10-14,16,18-19H,3,7-9,15H2,1-2H3,(H,33,37)(H,34,38)(H,35,39);1H4;2*1H2/t18-,19-;;;/m0.../s1. The molecule has 4 aromatic rings. The normalized spacial score (nSPS) is 16.9. The molecule has 0 unspecified atom stereocenters. The molecule has 3 aromatic heterocycles. The number of amides is 4. The second-order valence-electron chi connectivity index (χ2n) is 10.3. The summed E-state index contributed by atoms with van der Waals surface area (Å²) in [5.41, 5.74) is 2.49. The molecule has 0 bridgehead atoms. The van der Waals surface area contributed by atoms with Crippen LogP contribution in [0.1, 0.15) is 61.7 Å². The molecule has 1 aliphatic carbocycles. The molecule has 1 aromatic carbocycles. The lowest BCUT2D eigenvalue weighted by Crippen LogP contribution is -2.45. The zero-order chi connectivity index (χ0) is 28.5. The first-order valence-corrected chi connectivity index (χ1v) is 14.5. The highest BCUT2D eigenvalue weighted by atomic mass is 32.1. The topological polar surface area (TPSA) is 126 Å². The second kappa shape index (κ2) is 14.8. The number of pyridine rings is 2. The number of aromatic nitrogens is 2. The second-order valence-corrected chi connectivity index (χ2v) is 11.3. The summed E-state index contributed by atoms with van der Waals surface area (Å²) in [4.78, 5) is 50.4. The molecule has 2 atom stereocenters. The van der Waals surface area contributed by atoms with Crippen molar-refractivity contribution in [1.29, 1.82) is 0 Å². The molecule has 3 N–H and O–H groups in total. The molecule has 4 heterocycles. The number of benzene rings is 1. The van der Waals surface area contributed by atoms with Crippen molar-refractivity contribution in [2.75, 3.05) is 10.2 Å². The van der Waals surface area contributed by atoms with Crippen molar-refractivity contribution in [2.45, 2.75) is 65.5 Å². The summed E-state index contributed by atoms with van der Waals surface area (Å²) < 4.78 is 5.86. The molecule has 0 spiro atoms. The Labute approximate surface area is 274 Å². The Morgan fingerprint density at radius 1 is 1.07 bits per heavy atom. The van der Waals surface area contributed by atoms with E-state index in [1.165, 1.54) is 11.3 Å². The lowest BCUT2D eigenvalue weighted by atomic mass is 9.90. The molecule has 1 saturated carbocycles. The smallest absolute Gasteiger partial charge is 0.331 e. The molecule has 4 amide bonds. The van der Waals surface area contributed by atoms with Gasteiger partial charge in [0.25, 0.3) is 5.91 Å². The van der Waals surface area contributed by atoms with Crippen LogP contribution in [0, 0.1) is 6.92 Å². The summed E-state index contributed by atoms with van der Waals surface area (Å²) in [5.74, 6) is 0.854. The molecule has 0 saturated heterocycles. The van der Waals surface area contributed by atoms with E-state index in [1.54, 1.807) is 29.4 Å². The van der Waals surface area contributed by atoms with E-state index in [-0.39, 0.29) is 64.3 Å². The fraction of sp³-hybridized carbons (Fsp3) is 0.323. The highest BCUT2D eigenvalue weighted by Crippen LogP contribution is 2.46. The zero-order valence-corrected chi connectivity index (χ0v) is 26.6. The first-order valence-electron chi connectivity index (χ1n) is 13.7. The Kier molecular flexibility index (Phi) is 11.6. The molecule has 6 rings (SSSR count). The maximum absolute atomic E-state index is 13.5. The number of nitrogens with one attached hydrogen (secondary N) is 3. The number of urea groups is 1. The first-order chi connectivity index (χ1) is 19.9. The third-order valence-corrected chi connectivity index (χ3v) is 8.51. The van der Waals surface area contributed by atoms with Crippen molar-refractivity contribution < 1.29 is 19.1 Å². The Morgan fingerprint density at radius 3 is 2.50 bits per heavy atom. The number of hydrogen-bond acceptors (Lipinski definition) is 7. The molecule has 44 heavy (non-hydrogen) atoms. The van der Waals surface area contributed by atoms with Gasteiger partial charge in [0.05, 0.1) is 28.6 Å². The quantitative estimate of drug-likeness (QED) is 0.199. The average molecular weight is 655 g/mol. The van der Waals surface area contributed by atoms with Gasteiger partial charge in [0.2, 0.25) is 11.8 Å². The lowest BCUT2D eigenvalue weighted by molar-refractivity contribution is -0.121. The third kappa shape index (κ3) is 6.95. The van der Waals surface area contributed by atoms with Crippen LogP contribution in [0.2, 0.25) is 0 Å². The van der Waals surface area contributed by atoms with Gasteiger partial charge in [-0.25, -0.2) is 14.8 Å². The Morgan fingerprint density at radius 2 is 1.80 bits per heavy atom. The zero-order valence-electron chi connectivity index (χ0n) is 23.8. The van der Waals surface area contributed by atoms with Crippen molar-refractivity contribution in [3.63, 3.8) is 0 Å². The fourth-order valence-electron chi connectivity index (χ4n) is 5.44. The summed E-state index contributed by atoms with van der Waals surface area (Å²) >= 11 is 1.25. The molecule has 2 aliphatic rings. The molecule has 234 valence electrons. The summed E-state index contributed by atoms with van der Waals surface area (Å²) in [7, 11) is 0. The molecule has 10 nitrogen and oxygen atoms in total. The van der Waals surface area contributed by atoms with Gasteiger partial charge in [-0.3, -0.25) is 14.5 Å². The predicted octanol–water partition coefficient (Wildman–Crippen LogP) is 6.90. The number of rotatable bonds is 7. The van der Waals surface area contributed by atoms with Crippen LogP contribution in [0.25, 0.3) is 10.2 Å². The summed E-state index contributed by atoms with van der Waals surface area (Å²) in [6, 6.07) is 12.5. The van der Waals surface area contributed by atoms with E-state index in [0.717, 1.165) is 24.8 Å². The van der Waals surface area contributed by atoms with Crippen molar-refractivity contribution >= 4 is 83.5 Å². The van der Waals surface area contributed by atoms with E-state index in [2.05, 4.69) is 25.9 Å². The number of thiophene rings is 1. The number of aryl methyl sites for hydroxylation is 1. The molecule has 0 radical (unpaired) electrons. The first kappa shape index (κ1) is 34.7. The summed E-state index contributed by atoms with van der Waals surface area (Å²) in [6.07, 6.45) is 7.02. The molecule has 13 heteroatoms. The lowest BCUT2D eigenvalue weighted by Gasteiger charge is -2.31. The molecular formula is C31H38N6O4S3. The van der Waals surface area contributed by atoms with Gasteiger partial charge in [-0.15, -0.1) is 11.3 Å². The highest BCUT2D eigenvalue weighted by Gasteiger charge is 2.34. The van der Waals surface area contributed by atoms with Crippen LogP contribution in [-0.2, 0) is 4.79 Å². The number of ether oxygens (including phenoxy) is 1. The van der Waals surface area contributed by atoms with Gasteiger partial charge in [0.1, 0.15) is 15.5 Å². The number of carbonyl (C=O) groups excluding carboxylic acids is 3. The minimum Gasteiger partial charge on any atom is -0.439 e. The van der Waals surface area contributed by atoms with Crippen LogP contribution in [0.3, 0.4) is 0 Å². The van der Waals surface area contributed by atoms with Gasteiger partial charge in [-0.05, 0) is 56.4 Å². The molecular weight excluding hydrogens is 617 g/mol. The number of para-hydroxylation sites is 1. The van der Waals surface area contributed by atoms with Crippen molar-refractivity contribution in [3.05, 3.63) is 65.3 Å². The van der Waals surface area contributed by atoms with E-state index in [9.17, 15) is 14.4 Å². The predicted molar refractivity (Wildman–Crippen MR) is 186 cm³/mol. The fourth-order valence-corrected chi connectivity index (χ4v) is 6.46. The van der Waals surface area contributed by atoms with Crippen LogP contribution in [0.15, 0.2) is 54.9 Å². The molecule has 1 fully saturated rings. The largest absolute Gasteiger partial charge is 0.439 e.